The fourth-order valence-corrected chi connectivity index (χ4v) is 3.15. The summed E-state index contributed by atoms with van der Waals surface area (Å²) in [6.45, 7) is 8.68. The number of likely N-dealkylation sites (N-methyl/N-ethyl adjacent to an activating group) is 1. The van der Waals surface area contributed by atoms with Gasteiger partial charge in [0, 0.05) is 12.1 Å². The molecular formula is C13H28N2. The molecule has 0 aromatic rings. The Labute approximate surface area is 95.0 Å². The Morgan fingerprint density at radius 3 is 2.73 bits per heavy atom. The molecule has 0 spiro atoms. The minimum absolute atomic E-state index is 0.257. The largest absolute Gasteiger partial charge is 0.329 e. The highest BCUT2D eigenvalue weighted by Gasteiger charge is 2.34. The van der Waals surface area contributed by atoms with Gasteiger partial charge in [0.2, 0.25) is 0 Å². The fraction of sp³-hybridized carbons (Fsp3) is 1.00. The van der Waals surface area contributed by atoms with Gasteiger partial charge < -0.3 is 11.1 Å². The van der Waals surface area contributed by atoms with E-state index in [9.17, 15) is 0 Å². The third kappa shape index (κ3) is 3.76. The van der Waals surface area contributed by atoms with Crippen LogP contribution in [0.1, 0.15) is 52.9 Å². The van der Waals surface area contributed by atoms with Gasteiger partial charge in [-0.2, -0.15) is 0 Å². The van der Waals surface area contributed by atoms with E-state index in [4.69, 9.17) is 5.73 Å². The van der Waals surface area contributed by atoms with Gasteiger partial charge in [0.1, 0.15) is 0 Å². The molecule has 0 heterocycles. The molecular weight excluding hydrogens is 184 g/mol. The van der Waals surface area contributed by atoms with Gasteiger partial charge in [0.25, 0.3) is 0 Å². The highest BCUT2D eigenvalue weighted by atomic mass is 15.0. The summed E-state index contributed by atoms with van der Waals surface area (Å²) in [4.78, 5) is 0. The summed E-state index contributed by atoms with van der Waals surface area (Å²) in [7, 11) is 0. The fourth-order valence-electron chi connectivity index (χ4n) is 3.15. The monoisotopic (exact) mass is 212 g/mol. The van der Waals surface area contributed by atoms with E-state index in [0.29, 0.717) is 0 Å². The molecule has 0 radical (unpaired) electrons. The van der Waals surface area contributed by atoms with Crippen LogP contribution in [0, 0.1) is 11.8 Å². The van der Waals surface area contributed by atoms with Crippen molar-refractivity contribution < 1.29 is 0 Å². The number of hydrogen-bond acceptors (Lipinski definition) is 2. The van der Waals surface area contributed by atoms with Gasteiger partial charge in [-0.25, -0.2) is 0 Å². The van der Waals surface area contributed by atoms with Crippen LogP contribution in [0.4, 0.5) is 0 Å². The molecule has 2 unspecified atom stereocenters. The van der Waals surface area contributed by atoms with Crippen molar-refractivity contribution in [3.05, 3.63) is 0 Å². The predicted molar refractivity (Wildman–Crippen MR) is 66.9 cm³/mol. The molecule has 0 amide bonds. The SMILES string of the molecule is CCNC1(CN)CCCC(CC(C)C)C1. The summed E-state index contributed by atoms with van der Waals surface area (Å²) < 4.78 is 0. The minimum Gasteiger partial charge on any atom is -0.329 e. The Hall–Kier alpha value is -0.0800. The Bertz CT molecular complexity index is 175. The first kappa shape index (κ1) is 13.0. The van der Waals surface area contributed by atoms with Crippen LogP contribution in [0.15, 0.2) is 0 Å². The van der Waals surface area contributed by atoms with Crippen molar-refractivity contribution in [1.82, 2.24) is 5.32 Å². The van der Waals surface area contributed by atoms with Gasteiger partial charge >= 0.3 is 0 Å². The second-order valence-corrected chi connectivity index (χ2v) is 5.61. The van der Waals surface area contributed by atoms with Crippen LogP contribution < -0.4 is 11.1 Å². The zero-order chi connectivity index (χ0) is 11.3. The van der Waals surface area contributed by atoms with Crippen molar-refractivity contribution >= 4 is 0 Å². The summed E-state index contributed by atoms with van der Waals surface area (Å²) in [5.74, 6) is 1.71. The second-order valence-electron chi connectivity index (χ2n) is 5.61. The number of nitrogens with two attached hydrogens (primary N) is 1. The molecule has 1 fully saturated rings. The Morgan fingerprint density at radius 2 is 2.20 bits per heavy atom. The first-order chi connectivity index (χ1) is 7.12. The molecule has 90 valence electrons. The van der Waals surface area contributed by atoms with E-state index in [1.165, 1.54) is 32.1 Å². The van der Waals surface area contributed by atoms with Crippen molar-refractivity contribution in [2.24, 2.45) is 17.6 Å². The predicted octanol–water partition coefficient (Wildman–Crippen LogP) is 2.53. The summed E-state index contributed by atoms with van der Waals surface area (Å²) in [5.41, 5.74) is 6.21. The molecule has 2 heteroatoms. The van der Waals surface area contributed by atoms with Gasteiger partial charge in [-0.05, 0) is 37.6 Å². The average molecular weight is 212 g/mol. The molecule has 0 aromatic heterocycles. The number of nitrogens with one attached hydrogen (secondary N) is 1. The maximum atomic E-state index is 5.95. The van der Waals surface area contributed by atoms with Crippen molar-refractivity contribution in [2.45, 2.75) is 58.4 Å². The van der Waals surface area contributed by atoms with Crippen LogP contribution in [0.2, 0.25) is 0 Å². The topological polar surface area (TPSA) is 38.0 Å². The lowest BCUT2D eigenvalue weighted by Crippen LogP contribution is -2.54. The van der Waals surface area contributed by atoms with E-state index in [1.807, 2.05) is 0 Å². The van der Waals surface area contributed by atoms with Crippen molar-refractivity contribution in [3.8, 4) is 0 Å². The standard InChI is InChI=1S/C13H28N2/c1-4-15-13(10-14)7-5-6-12(9-13)8-11(2)3/h11-12,15H,4-10,14H2,1-3H3. The molecule has 2 nitrogen and oxygen atoms in total. The van der Waals surface area contributed by atoms with Crippen LogP contribution in [0.25, 0.3) is 0 Å². The van der Waals surface area contributed by atoms with Crippen molar-refractivity contribution in [3.63, 3.8) is 0 Å². The Balaban J connectivity index is 2.51. The van der Waals surface area contributed by atoms with E-state index >= 15 is 0 Å². The van der Waals surface area contributed by atoms with E-state index in [0.717, 1.165) is 24.9 Å². The lowest BCUT2D eigenvalue weighted by molar-refractivity contribution is 0.170. The number of rotatable bonds is 5. The molecule has 1 rings (SSSR count). The Morgan fingerprint density at radius 1 is 1.47 bits per heavy atom. The van der Waals surface area contributed by atoms with Gasteiger partial charge in [0.05, 0.1) is 0 Å². The molecule has 0 aromatic carbocycles. The summed E-state index contributed by atoms with van der Waals surface area (Å²) >= 11 is 0. The maximum absolute atomic E-state index is 5.95. The molecule has 0 bridgehead atoms. The third-order valence-corrected chi connectivity index (χ3v) is 3.69. The normalized spacial score (nSPS) is 32.2. The highest BCUT2D eigenvalue weighted by molar-refractivity contribution is 4.94. The summed E-state index contributed by atoms with van der Waals surface area (Å²) in [5, 5.41) is 3.63. The van der Waals surface area contributed by atoms with Crippen LogP contribution in [-0.4, -0.2) is 18.6 Å². The zero-order valence-electron chi connectivity index (χ0n) is 10.7. The first-order valence-electron chi connectivity index (χ1n) is 6.57. The van der Waals surface area contributed by atoms with E-state index in [1.54, 1.807) is 0 Å². The lowest BCUT2D eigenvalue weighted by atomic mass is 9.73. The van der Waals surface area contributed by atoms with E-state index in [-0.39, 0.29) is 5.54 Å². The van der Waals surface area contributed by atoms with Gasteiger partial charge in [-0.15, -0.1) is 0 Å². The maximum Gasteiger partial charge on any atom is 0.0306 e. The second kappa shape index (κ2) is 5.86. The summed E-state index contributed by atoms with van der Waals surface area (Å²) in [6, 6.07) is 0. The molecule has 1 saturated carbocycles. The smallest absolute Gasteiger partial charge is 0.0306 e. The van der Waals surface area contributed by atoms with Crippen LogP contribution in [-0.2, 0) is 0 Å². The van der Waals surface area contributed by atoms with Gasteiger partial charge in [0.15, 0.2) is 0 Å². The number of hydrogen-bond donors (Lipinski definition) is 2. The zero-order valence-corrected chi connectivity index (χ0v) is 10.7. The summed E-state index contributed by atoms with van der Waals surface area (Å²) in [6.07, 6.45) is 6.68. The first-order valence-corrected chi connectivity index (χ1v) is 6.57. The van der Waals surface area contributed by atoms with Crippen molar-refractivity contribution in [2.75, 3.05) is 13.1 Å². The van der Waals surface area contributed by atoms with Crippen LogP contribution in [0.5, 0.6) is 0 Å². The van der Waals surface area contributed by atoms with Crippen molar-refractivity contribution in [1.29, 1.82) is 0 Å². The van der Waals surface area contributed by atoms with Crippen LogP contribution >= 0.6 is 0 Å². The third-order valence-electron chi connectivity index (χ3n) is 3.69. The average Bonchev–Trinajstić information content (AvgIpc) is 2.17. The molecule has 3 N–H and O–H groups in total. The highest BCUT2D eigenvalue weighted by Crippen LogP contribution is 2.35. The molecule has 1 aliphatic carbocycles. The van der Waals surface area contributed by atoms with E-state index in [2.05, 4.69) is 26.1 Å². The minimum atomic E-state index is 0.257. The molecule has 0 aliphatic heterocycles. The molecule has 2 atom stereocenters. The van der Waals surface area contributed by atoms with Gasteiger partial charge in [-0.1, -0.05) is 33.6 Å². The molecule has 15 heavy (non-hydrogen) atoms. The molecule has 1 aliphatic rings. The van der Waals surface area contributed by atoms with E-state index < -0.39 is 0 Å². The molecule has 0 saturated heterocycles. The Kier molecular flexibility index (Phi) is 5.07. The quantitative estimate of drug-likeness (QED) is 0.735. The van der Waals surface area contributed by atoms with Gasteiger partial charge in [-0.3, -0.25) is 0 Å². The lowest BCUT2D eigenvalue weighted by Gasteiger charge is -2.41. The van der Waals surface area contributed by atoms with Crippen LogP contribution in [0.3, 0.4) is 0 Å².